The number of hydrogen-bond donors (Lipinski definition) is 1. The van der Waals surface area contributed by atoms with E-state index in [2.05, 4.69) is 0 Å². The topological polar surface area (TPSA) is 83.7 Å². The minimum atomic E-state index is -0.386. The average Bonchev–Trinajstić information content (AvgIpc) is 3.20. The van der Waals surface area contributed by atoms with Gasteiger partial charge < -0.3 is 10.6 Å². The molecule has 0 aromatic heterocycles. The highest BCUT2D eigenvalue weighted by Gasteiger charge is 2.39. The maximum Gasteiger partial charge on any atom is 0.266 e. The number of anilines is 1. The van der Waals surface area contributed by atoms with Crippen LogP contribution in [-0.4, -0.2) is 41.8 Å². The number of carbonyl (C=O) groups excluding carboxylic acids is 3. The van der Waals surface area contributed by atoms with Gasteiger partial charge in [-0.3, -0.25) is 14.4 Å². The van der Waals surface area contributed by atoms with Crippen LogP contribution in [0.4, 0.5) is 5.69 Å². The first-order valence-electron chi connectivity index (χ1n) is 9.93. The van der Waals surface area contributed by atoms with Gasteiger partial charge in [-0.2, -0.15) is 0 Å². The zero-order chi connectivity index (χ0) is 20.9. The van der Waals surface area contributed by atoms with Gasteiger partial charge in [-0.15, -0.1) is 0 Å². The van der Waals surface area contributed by atoms with Crippen molar-refractivity contribution in [3.63, 3.8) is 0 Å². The monoisotopic (exact) mass is 391 g/mol. The van der Waals surface area contributed by atoms with Gasteiger partial charge in [0.2, 0.25) is 0 Å². The summed E-state index contributed by atoms with van der Waals surface area (Å²) in [5, 5.41) is 0. The van der Waals surface area contributed by atoms with Crippen LogP contribution < -0.4 is 10.6 Å². The van der Waals surface area contributed by atoms with E-state index < -0.39 is 0 Å². The number of fused-ring (bicyclic) bond motifs is 1. The maximum absolute atomic E-state index is 13.1. The van der Waals surface area contributed by atoms with Crippen molar-refractivity contribution < 1.29 is 14.4 Å². The van der Waals surface area contributed by atoms with E-state index in [4.69, 9.17) is 5.73 Å². The summed E-state index contributed by atoms with van der Waals surface area (Å²) < 4.78 is 0. The molecule has 6 nitrogen and oxygen atoms in total. The molecule has 0 saturated carbocycles. The van der Waals surface area contributed by atoms with Crippen molar-refractivity contribution >= 4 is 23.4 Å². The van der Waals surface area contributed by atoms with E-state index in [1.165, 1.54) is 4.90 Å². The molecule has 2 atom stereocenters. The SMILES string of the molecule is Cc1ccc(C)c(N2C(=O)c3ccc(C(=O)N4CC(CN)CC4C)cc3C2=O)c1. The Bertz CT molecular complexity index is 1030. The lowest BCUT2D eigenvalue weighted by atomic mass is 10.0. The Labute approximate surface area is 170 Å². The maximum atomic E-state index is 13.1. The summed E-state index contributed by atoms with van der Waals surface area (Å²) in [6.07, 6.45) is 0.880. The number of likely N-dealkylation sites (tertiary alicyclic amines) is 1. The van der Waals surface area contributed by atoms with Crippen molar-refractivity contribution in [1.29, 1.82) is 0 Å². The molecule has 3 amide bonds. The second kappa shape index (κ2) is 7.12. The lowest BCUT2D eigenvalue weighted by molar-refractivity contribution is 0.0743. The zero-order valence-corrected chi connectivity index (χ0v) is 16.9. The summed E-state index contributed by atoms with van der Waals surface area (Å²) >= 11 is 0. The summed E-state index contributed by atoms with van der Waals surface area (Å²) in [7, 11) is 0. The first kappa shape index (κ1) is 19.3. The third-order valence-electron chi connectivity index (χ3n) is 5.99. The first-order chi connectivity index (χ1) is 13.8. The largest absolute Gasteiger partial charge is 0.336 e. The minimum absolute atomic E-state index is 0.105. The van der Waals surface area contributed by atoms with E-state index in [1.807, 2.05) is 43.9 Å². The quantitative estimate of drug-likeness (QED) is 0.816. The number of rotatable bonds is 3. The Morgan fingerprint density at radius 3 is 2.48 bits per heavy atom. The first-order valence-corrected chi connectivity index (χ1v) is 9.93. The van der Waals surface area contributed by atoms with Crippen LogP contribution in [0.3, 0.4) is 0 Å². The molecule has 2 unspecified atom stereocenters. The fourth-order valence-electron chi connectivity index (χ4n) is 4.31. The van der Waals surface area contributed by atoms with Gasteiger partial charge in [0.15, 0.2) is 0 Å². The fourth-order valence-corrected chi connectivity index (χ4v) is 4.31. The molecule has 29 heavy (non-hydrogen) atoms. The van der Waals surface area contributed by atoms with Crippen molar-refractivity contribution in [2.45, 2.75) is 33.2 Å². The molecule has 0 spiro atoms. The van der Waals surface area contributed by atoms with Gasteiger partial charge in [-0.05, 0) is 75.0 Å². The van der Waals surface area contributed by atoms with Crippen LogP contribution >= 0.6 is 0 Å². The molecule has 1 fully saturated rings. The van der Waals surface area contributed by atoms with E-state index in [9.17, 15) is 14.4 Å². The Morgan fingerprint density at radius 2 is 1.79 bits per heavy atom. The van der Waals surface area contributed by atoms with Crippen molar-refractivity contribution in [3.8, 4) is 0 Å². The van der Waals surface area contributed by atoms with Crippen LogP contribution in [0.25, 0.3) is 0 Å². The van der Waals surface area contributed by atoms with Crippen LogP contribution in [0.2, 0.25) is 0 Å². The molecule has 6 heteroatoms. The Hall–Kier alpha value is -2.99. The van der Waals surface area contributed by atoms with Crippen molar-refractivity contribution in [2.24, 2.45) is 11.7 Å². The lowest BCUT2D eigenvalue weighted by Gasteiger charge is -2.21. The molecular formula is C23H25N3O3. The Morgan fingerprint density at radius 1 is 1.07 bits per heavy atom. The highest BCUT2D eigenvalue weighted by atomic mass is 16.2. The highest BCUT2D eigenvalue weighted by molar-refractivity contribution is 6.35. The van der Waals surface area contributed by atoms with Crippen LogP contribution in [0, 0.1) is 19.8 Å². The van der Waals surface area contributed by atoms with Gasteiger partial charge in [0.05, 0.1) is 16.8 Å². The van der Waals surface area contributed by atoms with Crippen molar-refractivity contribution in [3.05, 3.63) is 64.2 Å². The molecule has 2 aromatic rings. The Balaban J connectivity index is 1.67. The third kappa shape index (κ3) is 3.13. The molecule has 2 N–H and O–H groups in total. The van der Waals surface area contributed by atoms with Crippen LogP contribution in [0.5, 0.6) is 0 Å². The zero-order valence-electron chi connectivity index (χ0n) is 16.9. The summed E-state index contributed by atoms with van der Waals surface area (Å²) in [6.45, 7) is 6.97. The van der Waals surface area contributed by atoms with Crippen LogP contribution in [0.1, 0.15) is 55.5 Å². The molecule has 150 valence electrons. The van der Waals surface area contributed by atoms with Gasteiger partial charge in [-0.25, -0.2) is 4.90 Å². The van der Waals surface area contributed by atoms with E-state index in [0.29, 0.717) is 35.8 Å². The average molecular weight is 391 g/mol. The number of carbonyl (C=O) groups is 3. The molecule has 0 bridgehead atoms. The van der Waals surface area contributed by atoms with Crippen molar-refractivity contribution in [2.75, 3.05) is 18.0 Å². The molecule has 2 aromatic carbocycles. The normalized spacial score (nSPS) is 21.1. The number of hydrogen-bond acceptors (Lipinski definition) is 4. The molecule has 2 heterocycles. The molecule has 0 radical (unpaired) electrons. The van der Waals surface area contributed by atoms with E-state index in [1.54, 1.807) is 18.2 Å². The minimum Gasteiger partial charge on any atom is -0.336 e. The van der Waals surface area contributed by atoms with Gasteiger partial charge >= 0.3 is 0 Å². The number of nitrogens with two attached hydrogens (primary N) is 1. The second-order valence-corrected chi connectivity index (χ2v) is 8.14. The summed E-state index contributed by atoms with van der Waals surface area (Å²) in [6, 6.07) is 10.6. The van der Waals surface area contributed by atoms with E-state index in [-0.39, 0.29) is 29.3 Å². The van der Waals surface area contributed by atoms with E-state index >= 15 is 0 Å². The molecule has 0 aliphatic carbocycles. The number of benzene rings is 2. The van der Waals surface area contributed by atoms with Crippen LogP contribution in [-0.2, 0) is 0 Å². The standard InChI is InChI=1S/C23H25N3O3/c1-13-4-5-14(2)20(8-13)26-22(28)18-7-6-17(10-19(18)23(26)29)21(27)25-12-16(11-24)9-15(25)3/h4-8,10,15-16H,9,11-12,24H2,1-3H3. The fraction of sp³-hybridized carbons (Fsp3) is 0.348. The molecule has 4 rings (SSSR count). The number of aryl methyl sites for hydroxylation is 2. The third-order valence-corrected chi connectivity index (χ3v) is 5.99. The Kier molecular flexibility index (Phi) is 4.74. The number of imide groups is 1. The number of nitrogens with zero attached hydrogens (tertiary/aromatic N) is 2. The van der Waals surface area contributed by atoms with E-state index in [0.717, 1.165) is 17.5 Å². The van der Waals surface area contributed by atoms with Gasteiger partial charge in [0, 0.05) is 18.2 Å². The predicted molar refractivity (Wildman–Crippen MR) is 111 cm³/mol. The molecule has 1 saturated heterocycles. The molecule has 2 aliphatic heterocycles. The van der Waals surface area contributed by atoms with Gasteiger partial charge in [0.25, 0.3) is 17.7 Å². The smallest absolute Gasteiger partial charge is 0.266 e. The van der Waals surface area contributed by atoms with Crippen LogP contribution in [0.15, 0.2) is 36.4 Å². The summed E-state index contributed by atoms with van der Waals surface area (Å²) in [5.41, 5.74) is 9.22. The highest BCUT2D eigenvalue weighted by Crippen LogP contribution is 2.32. The van der Waals surface area contributed by atoms with Crippen molar-refractivity contribution in [1.82, 2.24) is 4.90 Å². The summed E-state index contributed by atoms with van der Waals surface area (Å²) in [4.78, 5) is 42.1. The lowest BCUT2D eigenvalue weighted by Crippen LogP contribution is -2.34. The predicted octanol–water partition coefficient (Wildman–Crippen LogP) is 2.91. The molecule has 2 aliphatic rings. The van der Waals surface area contributed by atoms with Gasteiger partial charge in [-0.1, -0.05) is 12.1 Å². The number of amides is 3. The summed E-state index contributed by atoms with van der Waals surface area (Å²) in [5.74, 6) is -0.564. The van der Waals surface area contributed by atoms with Gasteiger partial charge in [0.1, 0.15) is 0 Å². The second-order valence-electron chi connectivity index (χ2n) is 8.14. The molecular weight excluding hydrogens is 366 g/mol.